The number of nitrogens with zero attached hydrogens (tertiary/aromatic N) is 1. The summed E-state index contributed by atoms with van der Waals surface area (Å²) in [5, 5.41) is 3.27. The van der Waals surface area contributed by atoms with E-state index in [1.54, 1.807) is 7.05 Å². The van der Waals surface area contributed by atoms with Crippen molar-refractivity contribution in [1.29, 1.82) is 0 Å². The maximum Gasteiger partial charge on any atom is 0.215 e. The van der Waals surface area contributed by atoms with E-state index in [4.69, 9.17) is 4.42 Å². The molecule has 0 amide bonds. The van der Waals surface area contributed by atoms with E-state index in [-0.39, 0.29) is 11.8 Å². The van der Waals surface area contributed by atoms with Gasteiger partial charge in [-0.05, 0) is 38.4 Å². The normalized spacial score (nSPS) is 20.9. The molecule has 19 heavy (non-hydrogen) atoms. The minimum absolute atomic E-state index is 0.0829. The van der Waals surface area contributed by atoms with Crippen molar-refractivity contribution < 1.29 is 12.8 Å². The van der Waals surface area contributed by atoms with E-state index in [9.17, 15) is 8.42 Å². The number of aryl methyl sites for hydroxylation is 1. The molecule has 6 heteroatoms. The molecule has 1 aliphatic rings. The fourth-order valence-corrected chi connectivity index (χ4v) is 3.71. The monoisotopic (exact) mass is 286 g/mol. The van der Waals surface area contributed by atoms with E-state index in [1.165, 1.54) is 4.31 Å². The molecule has 0 saturated carbocycles. The highest BCUT2D eigenvalue weighted by Crippen LogP contribution is 2.14. The lowest BCUT2D eigenvalue weighted by Gasteiger charge is -2.25. The molecule has 1 aromatic rings. The second-order valence-corrected chi connectivity index (χ2v) is 7.31. The van der Waals surface area contributed by atoms with Crippen LogP contribution >= 0.6 is 0 Å². The molecule has 1 aliphatic heterocycles. The Balaban J connectivity index is 1.94. The summed E-state index contributed by atoms with van der Waals surface area (Å²) in [5.74, 6) is 1.65. The molecule has 0 radical (unpaired) electrons. The predicted molar refractivity (Wildman–Crippen MR) is 74.3 cm³/mol. The average molecular weight is 286 g/mol. The third kappa shape index (κ3) is 4.06. The Morgan fingerprint density at radius 2 is 2.21 bits per heavy atom. The van der Waals surface area contributed by atoms with Gasteiger partial charge >= 0.3 is 0 Å². The Kier molecular flexibility index (Phi) is 4.65. The van der Waals surface area contributed by atoms with Crippen molar-refractivity contribution in [1.82, 2.24) is 9.62 Å². The molecule has 1 unspecified atom stereocenters. The fraction of sp³-hybridized carbons (Fsp3) is 0.692. The van der Waals surface area contributed by atoms with Crippen molar-refractivity contribution in [2.24, 2.45) is 0 Å². The number of furan rings is 1. The van der Waals surface area contributed by atoms with Gasteiger partial charge in [0.25, 0.3) is 0 Å². The van der Waals surface area contributed by atoms with Crippen LogP contribution in [0.3, 0.4) is 0 Å². The highest BCUT2D eigenvalue weighted by atomic mass is 32.2. The molecule has 0 aromatic carbocycles. The highest BCUT2D eigenvalue weighted by Gasteiger charge is 2.25. The zero-order valence-electron chi connectivity index (χ0n) is 11.6. The molecular weight excluding hydrogens is 264 g/mol. The van der Waals surface area contributed by atoms with Gasteiger partial charge in [-0.1, -0.05) is 6.42 Å². The average Bonchev–Trinajstić information content (AvgIpc) is 2.75. The van der Waals surface area contributed by atoms with Crippen molar-refractivity contribution in [2.45, 2.75) is 38.8 Å². The summed E-state index contributed by atoms with van der Waals surface area (Å²) in [6.45, 7) is 3.06. The molecule has 0 spiro atoms. The van der Waals surface area contributed by atoms with Gasteiger partial charge in [0.2, 0.25) is 10.0 Å². The number of hydrogen-bond donors (Lipinski definition) is 1. The van der Waals surface area contributed by atoms with Crippen molar-refractivity contribution >= 4 is 10.0 Å². The van der Waals surface area contributed by atoms with Gasteiger partial charge in [0, 0.05) is 13.1 Å². The molecule has 1 fully saturated rings. The first-order valence-electron chi connectivity index (χ1n) is 6.70. The van der Waals surface area contributed by atoms with Crippen LogP contribution in [0.5, 0.6) is 0 Å². The van der Waals surface area contributed by atoms with Gasteiger partial charge in [-0.2, -0.15) is 4.31 Å². The highest BCUT2D eigenvalue weighted by molar-refractivity contribution is 7.89. The molecule has 1 atom stereocenters. The lowest BCUT2D eigenvalue weighted by atomic mass is 10.1. The Hall–Kier alpha value is -0.850. The number of nitrogens with one attached hydrogen (secondary N) is 1. The quantitative estimate of drug-likeness (QED) is 0.891. The predicted octanol–water partition coefficient (Wildman–Crippen LogP) is 1.49. The molecule has 0 bridgehead atoms. The lowest BCUT2D eigenvalue weighted by molar-refractivity contribution is 0.384. The topological polar surface area (TPSA) is 62.6 Å². The van der Waals surface area contributed by atoms with Crippen LogP contribution in [0.4, 0.5) is 0 Å². The molecule has 1 saturated heterocycles. The van der Waals surface area contributed by atoms with E-state index in [0.717, 1.165) is 31.6 Å². The number of sulfonamides is 1. The SMILES string of the molecule is Cc1ccc(CN(C)S(=O)(=O)CC2CCCCN2)o1. The Morgan fingerprint density at radius 3 is 2.79 bits per heavy atom. The Bertz CT molecular complexity index is 504. The summed E-state index contributed by atoms with van der Waals surface area (Å²) in [6.07, 6.45) is 3.18. The molecule has 0 aliphatic carbocycles. The molecule has 1 aromatic heterocycles. The van der Waals surface area contributed by atoms with Crippen LogP contribution in [0.2, 0.25) is 0 Å². The Morgan fingerprint density at radius 1 is 1.42 bits per heavy atom. The molecule has 1 N–H and O–H groups in total. The third-order valence-electron chi connectivity index (χ3n) is 3.47. The summed E-state index contributed by atoms with van der Waals surface area (Å²) in [4.78, 5) is 0. The lowest BCUT2D eigenvalue weighted by Crippen LogP contribution is -2.42. The van der Waals surface area contributed by atoms with E-state index in [2.05, 4.69) is 5.32 Å². The van der Waals surface area contributed by atoms with Gasteiger partial charge in [-0.3, -0.25) is 0 Å². The van der Waals surface area contributed by atoms with Crippen molar-refractivity contribution in [3.05, 3.63) is 23.7 Å². The van der Waals surface area contributed by atoms with Gasteiger partial charge in [-0.25, -0.2) is 8.42 Å². The van der Waals surface area contributed by atoms with Crippen LogP contribution < -0.4 is 5.32 Å². The standard InChI is InChI=1S/C13H22N2O3S/c1-11-6-7-13(18-11)9-15(2)19(16,17)10-12-5-3-4-8-14-12/h6-7,12,14H,3-5,8-10H2,1-2H3. The van der Waals surface area contributed by atoms with Crippen molar-refractivity contribution in [2.75, 3.05) is 19.3 Å². The first kappa shape index (κ1) is 14.6. The number of piperidine rings is 1. The van der Waals surface area contributed by atoms with Gasteiger partial charge < -0.3 is 9.73 Å². The number of hydrogen-bond acceptors (Lipinski definition) is 4. The number of rotatable bonds is 5. The van der Waals surface area contributed by atoms with Crippen LogP contribution in [0.1, 0.15) is 30.8 Å². The van der Waals surface area contributed by atoms with Crippen LogP contribution in [0, 0.1) is 6.92 Å². The molecule has 108 valence electrons. The molecule has 5 nitrogen and oxygen atoms in total. The summed E-state index contributed by atoms with van der Waals surface area (Å²) in [6, 6.07) is 3.75. The second-order valence-electron chi connectivity index (χ2n) is 5.19. The zero-order valence-corrected chi connectivity index (χ0v) is 12.4. The smallest absolute Gasteiger partial charge is 0.215 e. The molecule has 2 heterocycles. The largest absolute Gasteiger partial charge is 0.465 e. The third-order valence-corrected chi connectivity index (χ3v) is 5.38. The minimum Gasteiger partial charge on any atom is -0.465 e. The van der Waals surface area contributed by atoms with Crippen LogP contribution in [-0.4, -0.2) is 38.1 Å². The van der Waals surface area contributed by atoms with Crippen molar-refractivity contribution in [3.63, 3.8) is 0 Å². The first-order valence-corrected chi connectivity index (χ1v) is 8.31. The van der Waals surface area contributed by atoms with Gasteiger partial charge in [0.15, 0.2) is 0 Å². The summed E-state index contributed by atoms with van der Waals surface area (Å²) in [7, 11) is -1.63. The molecule has 2 rings (SSSR count). The maximum atomic E-state index is 12.3. The van der Waals surface area contributed by atoms with Crippen LogP contribution in [-0.2, 0) is 16.6 Å². The second kappa shape index (κ2) is 6.07. The Labute approximate surface area is 115 Å². The summed E-state index contributed by atoms with van der Waals surface area (Å²) < 4.78 is 31.3. The summed E-state index contributed by atoms with van der Waals surface area (Å²) in [5.41, 5.74) is 0. The van der Waals surface area contributed by atoms with E-state index in [0.29, 0.717) is 12.3 Å². The van der Waals surface area contributed by atoms with Gasteiger partial charge in [0.05, 0.1) is 12.3 Å². The maximum absolute atomic E-state index is 12.3. The minimum atomic E-state index is -3.24. The zero-order chi connectivity index (χ0) is 13.9. The molecular formula is C13H22N2O3S. The van der Waals surface area contributed by atoms with Crippen LogP contribution in [0.15, 0.2) is 16.5 Å². The van der Waals surface area contributed by atoms with Crippen molar-refractivity contribution in [3.8, 4) is 0 Å². The van der Waals surface area contributed by atoms with E-state index >= 15 is 0 Å². The first-order chi connectivity index (χ1) is 8.97. The fourth-order valence-electron chi connectivity index (χ4n) is 2.34. The summed E-state index contributed by atoms with van der Waals surface area (Å²) >= 11 is 0. The van der Waals surface area contributed by atoms with E-state index in [1.807, 2.05) is 19.1 Å². The van der Waals surface area contributed by atoms with Gasteiger partial charge in [0.1, 0.15) is 11.5 Å². The van der Waals surface area contributed by atoms with E-state index < -0.39 is 10.0 Å². The van der Waals surface area contributed by atoms with Crippen LogP contribution in [0.25, 0.3) is 0 Å². The van der Waals surface area contributed by atoms with Gasteiger partial charge in [-0.15, -0.1) is 0 Å².